The molecule has 2 unspecified atom stereocenters. The lowest BCUT2D eigenvalue weighted by Crippen LogP contribution is -2.40. The fourth-order valence-corrected chi connectivity index (χ4v) is 2.89. The van der Waals surface area contributed by atoms with Crippen molar-refractivity contribution in [3.63, 3.8) is 0 Å². The molecule has 0 radical (unpaired) electrons. The lowest BCUT2D eigenvalue weighted by Gasteiger charge is -2.27. The van der Waals surface area contributed by atoms with E-state index in [2.05, 4.69) is 5.43 Å². The number of hydrogen-bond acceptors (Lipinski definition) is 3. The Morgan fingerprint density at radius 1 is 1.37 bits per heavy atom. The van der Waals surface area contributed by atoms with Gasteiger partial charge in [0, 0.05) is 12.6 Å². The van der Waals surface area contributed by atoms with Gasteiger partial charge in [-0.25, -0.2) is 0 Å². The Morgan fingerprint density at radius 2 is 2.21 bits per heavy atom. The average molecular weight is 303 g/mol. The van der Waals surface area contributed by atoms with Gasteiger partial charge in [-0.15, -0.1) is 0 Å². The smallest absolute Gasteiger partial charge is 0.0624 e. The molecule has 0 aliphatic carbocycles. The summed E-state index contributed by atoms with van der Waals surface area (Å²) in [5.74, 6) is 5.64. The third kappa shape index (κ3) is 4.33. The highest BCUT2D eigenvalue weighted by Crippen LogP contribution is 2.27. The predicted octanol–water partition coefficient (Wildman–Crippen LogP) is 3.33. The maximum Gasteiger partial charge on any atom is 0.0624 e. The molecule has 2 atom stereocenters. The van der Waals surface area contributed by atoms with E-state index in [9.17, 15) is 0 Å². The van der Waals surface area contributed by atoms with Crippen molar-refractivity contribution in [2.45, 2.75) is 44.2 Å². The SMILES string of the molecule is NNC(Cc1cccc(Cl)c1Cl)CC1CCCCO1. The Labute approximate surface area is 124 Å². The Balaban J connectivity index is 1.96. The van der Waals surface area contributed by atoms with Crippen molar-refractivity contribution in [3.8, 4) is 0 Å². The molecule has 1 aromatic rings. The zero-order chi connectivity index (χ0) is 13.7. The van der Waals surface area contributed by atoms with Crippen LogP contribution in [0.5, 0.6) is 0 Å². The molecule has 1 heterocycles. The molecule has 3 N–H and O–H groups in total. The summed E-state index contributed by atoms with van der Waals surface area (Å²) in [7, 11) is 0. The van der Waals surface area contributed by atoms with Gasteiger partial charge in [-0.2, -0.15) is 0 Å². The molecule has 106 valence electrons. The van der Waals surface area contributed by atoms with Crippen molar-refractivity contribution in [1.82, 2.24) is 5.43 Å². The maximum absolute atomic E-state index is 6.21. The van der Waals surface area contributed by atoms with Gasteiger partial charge >= 0.3 is 0 Å². The molecule has 1 fully saturated rings. The summed E-state index contributed by atoms with van der Waals surface area (Å²) >= 11 is 12.2. The summed E-state index contributed by atoms with van der Waals surface area (Å²) in [6.07, 6.45) is 5.47. The Morgan fingerprint density at radius 3 is 2.89 bits per heavy atom. The summed E-state index contributed by atoms with van der Waals surface area (Å²) in [4.78, 5) is 0. The van der Waals surface area contributed by atoms with E-state index in [-0.39, 0.29) is 6.04 Å². The molecule has 19 heavy (non-hydrogen) atoms. The van der Waals surface area contributed by atoms with E-state index in [1.807, 2.05) is 12.1 Å². The molecule has 0 aromatic heterocycles. The number of nitrogens with one attached hydrogen (secondary N) is 1. The second kappa shape index (κ2) is 7.46. The molecule has 1 aromatic carbocycles. The minimum absolute atomic E-state index is 0.152. The maximum atomic E-state index is 6.21. The summed E-state index contributed by atoms with van der Waals surface area (Å²) in [6, 6.07) is 5.84. The van der Waals surface area contributed by atoms with Crippen LogP contribution >= 0.6 is 23.2 Å². The van der Waals surface area contributed by atoms with Gasteiger partial charge in [0.2, 0.25) is 0 Å². The topological polar surface area (TPSA) is 47.3 Å². The van der Waals surface area contributed by atoms with Gasteiger partial charge in [0.15, 0.2) is 0 Å². The first-order valence-electron chi connectivity index (χ1n) is 6.71. The number of hydrogen-bond donors (Lipinski definition) is 2. The van der Waals surface area contributed by atoms with E-state index in [0.29, 0.717) is 16.1 Å². The zero-order valence-corrected chi connectivity index (χ0v) is 12.4. The fraction of sp³-hybridized carbons (Fsp3) is 0.571. The first kappa shape index (κ1) is 15.1. The van der Waals surface area contributed by atoms with Crippen LogP contribution in [0.3, 0.4) is 0 Å². The lowest BCUT2D eigenvalue weighted by atomic mass is 9.97. The summed E-state index contributed by atoms with van der Waals surface area (Å²) < 4.78 is 5.75. The van der Waals surface area contributed by atoms with Crippen molar-refractivity contribution >= 4 is 23.2 Å². The van der Waals surface area contributed by atoms with E-state index in [4.69, 9.17) is 33.8 Å². The summed E-state index contributed by atoms with van der Waals surface area (Å²) in [5.41, 5.74) is 3.88. The van der Waals surface area contributed by atoms with Crippen LogP contribution < -0.4 is 11.3 Å². The fourth-order valence-electron chi connectivity index (χ4n) is 2.49. The van der Waals surface area contributed by atoms with Crippen molar-refractivity contribution in [2.75, 3.05) is 6.61 Å². The second-order valence-electron chi connectivity index (χ2n) is 5.00. The van der Waals surface area contributed by atoms with Crippen molar-refractivity contribution in [3.05, 3.63) is 33.8 Å². The van der Waals surface area contributed by atoms with Crippen LogP contribution in [0, 0.1) is 0 Å². The Bertz CT molecular complexity index is 408. The molecule has 1 aliphatic heterocycles. The standard InChI is InChI=1S/C14H20Cl2N2O/c15-13-6-3-4-10(14(13)16)8-11(18-17)9-12-5-1-2-7-19-12/h3-4,6,11-12,18H,1-2,5,7-9,17H2. The molecule has 3 nitrogen and oxygen atoms in total. The zero-order valence-electron chi connectivity index (χ0n) is 10.9. The molecule has 2 rings (SSSR count). The highest BCUT2D eigenvalue weighted by Gasteiger charge is 2.20. The normalized spacial score (nSPS) is 21.3. The largest absolute Gasteiger partial charge is 0.378 e. The molecule has 0 bridgehead atoms. The second-order valence-corrected chi connectivity index (χ2v) is 5.79. The molecular weight excluding hydrogens is 283 g/mol. The number of benzene rings is 1. The van der Waals surface area contributed by atoms with Crippen LogP contribution in [-0.2, 0) is 11.2 Å². The van der Waals surface area contributed by atoms with Crippen LogP contribution in [0.2, 0.25) is 10.0 Å². The van der Waals surface area contributed by atoms with E-state index in [1.165, 1.54) is 6.42 Å². The molecule has 1 saturated heterocycles. The number of hydrazine groups is 1. The van der Waals surface area contributed by atoms with E-state index in [0.717, 1.165) is 37.9 Å². The van der Waals surface area contributed by atoms with Gasteiger partial charge in [-0.3, -0.25) is 11.3 Å². The molecular formula is C14H20Cl2N2O. The van der Waals surface area contributed by atoms with Crippen molar-refractivity contribution in [2.24, 2.45) is 5.84 Å². The van der Waals surface area contributed by atoms with Crippen LogP contribution in [0.15, 0.2) is 18.2 Å². The monoisotopic (exact) mass is 302 g/mol. The van der Waals surface area contributed by atoms with Crippen LogP contribution in [0.4, 0.5) is 0 Å². The first-order chi connectivity index (χ1) is 9.20. The number of nitrogens with two attached hydrogens (primary N) is 1. The van der Waals surface area contributed by atoms with E-state index >= 15 is 0 Å². The number of ether oxygens (including phenoxy) is 1. The van der Waals surface area contributed by atoms with E-state index < -0.39 is 0 Å². The van der Waals surface area contributed by atoms with Crippen LogP contribution in [-0.4, -0.2) is 18.8 Å². The van der Waals surface area contributed by atoms with Crippen molar-refractivity contribution < 1.29 is 4.74 Å². The minimum Gasteiger partial charge on any atom is -0.378 e. The number of rotatable bonds is 5. The highest BCUT2D eigenvalue weighted by atomic mass is 35.5. The van der Waals surface area contributed by atoms with Gasteiger partial charge in [-0.1, -0.05) is 35.3 Å². The Kier molecular flexibility index (Phi) is 5.92. The van der Waals surface area contributed by atoms with Gasteiger partial charge in [0.05, 0.1) is 16.1 Å². The molecule has 1 aliphatic rings. The first-order valence-corrected chi connectivity index (χ1v) is 7.47. The molecule has 5 heteroatoms. The highest BCUT2D eigenvalue weighted by molar-refractivity contribution is 6.42. The van der Waals surface area contributed by atoms with Gasteiger partial charge in [0.1, 0.15) is 0 Å². The van der Waals surface area contributed by atoms with Crippen LogP contribution in [0.25, 0.3) is 0 Å². The van der Waals surface area contributed by atoms with Crippen molar-refractivity contribution in [1.29, 1.82) is 0 Å². The Hall–Kier alpha value is -0.320. The summed E-state index contributed by atoms with van der Waals surface area (Å²) in [5, 5.41) is 1.21. The third-order valence-corrected chi connectivity index (χ3v) is 4.41. The lowest BCUT2D eigenvalue weighted by molar-refractivity contribution is 0.00524. The van der Waals surface area contributed by atoms with Gasteiger partial charge < -0.3 is 4.74 Å². The quantitative estimate of drug-likeness (QED) is 0.648. The number of halogens is 2. The van der Waals surface area contributed by atoms with E-state index in [1.54, 1.807) is 6.07 Å². The third-order valence-electron chi connectivity index (χ3n) is 3.55. The van der Waals surface area contributed by atoms with Gasteiger partial charge in [-0.05, 0) is 43.7 Å². The molecule has 0 spiro atoms. The minimum atomic E-state index is 0.152. The van der Waals surface area contributed by atoms with Gasteiger partial charge in [0.25, 0.3) is 0 Å². The molecule has 0 amide bonds. The van der Waals surface area contributed by atoms with Crippen LogP contribution in [0.1, 0.15) is 31.2 Å². The predicted molar refractivity (Wildman–Crippen MR) is 79.5 cm³/mol. The average Bonchev–Trinajstić information content (AvgIpc) is 2.44. The summed E-state index contributed by atoms with van der Waals surface area (Å²) in [6.45, 7) is 0.861. The molecule has 0 saturated carbocycles.